The Balaban J connectivity index is 0.00000210. The van der Waals surface area contributed by atoms with Crippen LogP contribution in [-0.2, 0) is 24.8 Å². The number of hydrogen-bond acceptors (Lipinski definition) is 5. The number of aromatic amines is 1. The molecule has 0 spiro atoms. The fourth-order valence-electron chi connectivity index (χ4n) is 3.00. The van der Waals surface area contributed by atoms with E-state index in [1.165, 1.54) is 0 Å². The van der Waals surface area contributed by atoms with Crippen LogP contribution in [0.3, 0.4) is 0 Å². The van der Waals surface area contributed by atoms with Crippen LogP contribution in [0.15, 0.2) is 24.3 Å². The number of carbonyl (C=O) groups is 1. The summed E-state index contributed by atoms with van der Waals surface area (Å²) in [5.74, 6) is 1.04. The van der Waals surface area contributed by atoms with Crippen LogP contribution in [0.1, 0.15) is 29.7 Å². The number of nitrogens with zero attached hydrogens (tertiary/aromatic N) is 4. The number of hydrogen-bond donors (Lipinski definition) is 3. The Morgan fingerprint density at radius 1 is 1.24 bits per heavy atom. The Labute approximate surface area is 182 Å². The molecule has 0 bridgehead atoms. The minimum atomic E-state index is -0.161. The van der Waals surface area contributed by atoms with E-state index in [4.69, 9.17) is 5.73 Å². The lowest BCUT2D eigenvalue weighted by Gasteiger charge is -2.13. The largest absolute Gasteiger partial charge is 0.326 e. The molecule has 3 aromatic rings. The standard InChI is InChI=1S/C19H25N7O.2ClH/c1-11(9-16-12(2)25-26(4)13(16)3)19(27)21-15-7-5-14(6-8-15)18-22-17(10-20)23-24-18;;/h5-8,11H,9-10,20H2,1-4H3,(H,21,27)(H,22,23,24);2*1H. The molecule has 10 heteroatoms. The average molecular weight is 440 g/mol. The molecule has 158 valence electrons. The summed E-state index contributed by atoms with van der Waals surface area (Å²) in [6.45, 7) is 6.25. The first kappa shape index (κ1) is 24.6. The van der Waals surface area contributed by atoms with Crippen LogP contribution in [0.2, 0.25) is 0 Å². The summed E-state index contributed by atoms with van der Waals surface area (Å²) in [6.07, 6.45) is 0.661. The van der Waals surface area contributed by atoms with Gasteiger partial charge in [0.25, 0.3) is 0 Å². The van der Waals surface area contributed by atoms with Gasteiger partial charge in [-0.25, -0.2) is 4.98 Å². The molecule has 8 nitrogen and oxygen atoms in total. The minimum Gasteiger partial charge on any atom is -0.326 e. The number of nitrogens with two attached hydrogens (primary N) is 1. The maximum Gasteiger partial charge on any atom is 0.227 e. The molecule has 2 aromatic heterocycles. The zero-order chi connectivity index (χ0) is 19.6. The summed E-state index contributed by atoms with van der Waals surface area (Å²) in [7, 11) is 1.92. The van der Waals surface area contributed by atoms with Gasteiger partial charge in [0, 0.05) is 29.9 Å². The van der Waals surface area contributed by atoms with Gasteiger partial charge in [-0.05, 0) is 50.1 Å². The molecule has 29 heavy (non-hydrogen) atoms. The molecule has 0 saturated heterocycles. The zero-order valence-electron chi connectivity index (χ0n) is 16.9. The van der Waals surface area contributed by atoms with Crippen molar-refractivity contribution in [3.63, 3.8) is 0 Å². The van der Waals surface area contributed by atoms with Gasteiger partial charge in [-0.15, -0.1) is 24.8 Å². The monoisotopic (exact) mass is 439 g/mol. The van der Waals surface area contributed by atoms with E-state index in [0.29, 0.717) is 24.6 Å². The summed E-state index contributed by atoms with van der Waals surface area (Å²) < 4.78 is 1.85. The van der Waals surface area contributed by atoms with Crippen LogP contribution in [0.5, 0.6) is 0 Å². The predicted octanol–water partition coefficient (Wildman–Crippen LogP) is 2.94. The molecule has 0 saturated carbocycles. The van der Waals surface area contributed by atoms with E-state index in [0.717, 1.165) is 28.2 Å². The molecular weight excluding hydrogens is 413 g/mol. The number of amides is 1. The van der Waals surface area contributed by atoms with Crippen LogP contribution in [0.4, 0.5) is 5.69 Å². The fraction of sp³-hybridized carbons (Fsp3) is 0.368. The maximum atomic E-state index is 12.6. The molecular formula is C19H27Cl2N7O. The summed E-state index contributed by atoms with van der Waals surface area (Å²) in [6, 6.07) is 7.44. The van der Waals surface area contributed by atoms with E-state index in [9.17, 15) is 4.79 Å². The third-order valence-corrected chi connectivity index (χ3v) is 4.75. The van der Waals surface area contributed by atoms with Gasteiger partial charge in [0.1, 0.15) is 5.82 Å². The van der Waals surface area contributed by atoms with Gasteiger partial charge in [0.2, 0.25) is 5.91 Å². The first-order valence-electron chi connectivity index (χ1n) is 8.90. The first-order valence-corrected chi connectivity index (χ1v) is 8.90. The van der Waals surface area contributed by atoms with Crippen molar-refractivity contribution in [1.82, 2.24) is 25.0 Å². The van der Waals surface area contributed by atoms with E-state index in [-0.39, 0.29) is 36.6 Å². The Hall–Kier alpha value is -2.42. The Kier molecular flexibility index (Phi) is 8.81. The maximum absolute atomic E-state index is 12.6. The molecule has 2 heterocycles. The smallest absolute Gasteiger partial charge is 0.227 e. The van der Waals surface area contributed by atoms with Crippen molar-refractivity contribution in [2.75, 3.05) is 5.32 Å². The lowest BCUT2D eigenvalue weighted by atomic mass is 9.98. The Bertz CT molecular complexity index is 950. The highest BCUT2D eigenvalue weighted by atomic mass is 35.5. The van der Waals surface area contributed by atoms with Gasteiger partial charge in [0.15, 0.2) is 5.82 Å². The number of halogens is 2. The molecule has 0 aliphatic carbocycles. The van der Waals surface area contributed by atoms with E-state index >= 15 is 0 Å². The number of nitrogens with one attached hydrogen (secondary N) is 2. The van der Waals surface area contributed by atoms with Crippen molar-refractivity contribution in [3.8, 4) is 11.4 Å². The van der Waals surface area contributed by atoms with Crippen molar-refractivity contribution < 1.29 is 4.79 Å². The van der Waals surface area contributed by atoms with E-state index < -0.39 is 0 Å². The number of anilines is 1. The van der Waals surface area contributed by atoms with Crippen LogP contribution in [0, 0.1) is 19.8 Å². The lowest BCUT2D eigenvalue weighted by Crippen LogP contribution is -2.22. The highest BCUT2D eigenvalue weighted by Crippen LogP contribution is 2.20. The third kappa shape index (κ3) is 5.56. The minimum absolute atomic E-state index is 0. The quantitative estimate of drug-likeness (QED) is 0.545. The highest BCUT2D eigenvalue weighted by molar-refractivity contribution is 5.92. The number of H-pyrrole nitrogens is 1. The zero-order valence-corrected chi connectivity index (χ0v) is 18.5. The normalized spacial score (nSPS) is 11.3. The lowest BCUT2D eigenvalue weighted by molar-refractivity contribution is -0.119. The van der Waals surface area contributed by atoms with Crippen molar-refractivity contribution in [2.24, 2.45) is 18.7 Å². The Morgan fingerprint density at radius 3 is 2.41 bits per heavy atom. The molecule has 1 amide bonds. The van der Waals surface area contributed by atoms with Gasteiger partial charge in [-0.2, -0.15) is 10.2 Å². The molecule has 1 unspecified atom stereocenters. The second-order valence-corrected chi connectivity index (χ2v) is 6.75. The van der Waals surface area contributed by atoms with Gasteiger partial charge in [0.05, 0.1) is 12.2 Å². The average Bonchev–Trinajstić information content (AvgIpc) is 3.23. The summed E-state index contributed by atoms with van der Waals surface area (Å²) >= 11 is 0. The summed E-state index contributed by atoms with van der Waals surface area (Å²) in [5.41, 5.74) is 10.3. The highest BCUT2D eigenvalue weighted by Gasteiger charge is 2.18. The fourth-order valence-corrected chi connectivity index (χ4v) is 3.00. The molecule has 4 N–H and O–H groups in total. The number of aryl methyl sites for hydroxylation is 2. The molecule has 0 aliphatic heterocycles. The summed E-state index contributed by atoms with van der Waals surface area (Å²) in [4.78, 5) is 16.9. The number of aromatic nitrogens is 5. The van der Waals surface area contributed by atoms with Crippen molar-refractivity contribution in [1.29, 1.82) is 0 Å². The second kappa shape index (κ2) is 10.4. The second-order valence-electron chi connectivity index (χ2n) is 6.75. The number of carbonyl (C=O) groups excluding carboxylic acids is 1. The number of benzene rings is 1. The third-order valence-electron chi connectivity index (χ3n) is 4.75. The molecule has 0 radical (unpaired) electrons. The van der Waals surface area contributed by atoms with Gasteiger partial charge >= 0.3 is 0 Å². The first-order chi connectivity index (χ1) is 12.9. The predicted molar refractivity (Wildman–Crippen MR) is 118 cm³/mol. The van der Waals surface area contributed by atoms with Crippen molar-refractivity contribution in [2.45, 2.75) is 33.7 Å². The molecule has 1 atom stereocenters. The molecule has 0 aliphatic rings. The van der Waals surface area contributed by atoms with Crippen molar-refractivity contribution in [3.05, 3.63) is 47.0 Å². The van der Waals surface area contributed by atoms with E-state index in [2.05, 4.69) is 25.6 Å². The van der Waals surface area contributed by atoms with Crippen LogP contribution < -0.4 is 11.1 Å². The SMILES string of the molecule is Cc1nn(C)c(C)c1CC(C)C(=O)Nc1ccc(-c2n[nH]c(CN)n2)cc1.Cl.Cl. The van der Waals surface area contributed by atoms with Crippen LogP contribution >= 0.6 is 24.8 Å². The van der Waals surface area contributed by atoms with Crippen molar-refractivity contribution >= 4 is 36.4 Å². The van der Waals surface area contributed by atoms with Crippen LogP contribution in [-0.4, -0.2) is 30.9 Å². The van der Waals surface area contributed by atoms with E-state index in [1.54, 1.807) is 0 Å². The topological polar surface area (TPSA) is 115 Å². The summed E-state index contributed by atoms with van der Waals surface area (Å²) in [5, 5.41) is 14.3. The van der Waals surface area contributed by atoms with Gasteiger partial charge in [-0.3, -0.25) is 14.6 Å². The molecule has 1 aromatic carbocycles. The molecule has 3 rings (SSSR count). The van der Waals surface area contributed by atoms with Gasteiger partial charge in [-0.1, -0.05) is 6.92 Å². The Morgan fingerprint density at radius 2 is 1.90 bits per heavy atom. The van der Waals surface area contributed by atoms with Crippen LogP contribution in [0.25, 0.3) is 11.4 Å². The molecule has 0 fully saturated rings. The number of rotatable bonds is 6. The van der Waals surface area contributed by atoms with E-state index in [1.807, 2.05) is 56.8 Å². The van der Waals surface area contributed by atoms with Gasteiger partial charge < -0.3 is 11.1 Å².